The summed E-state index contributed by atoms with van der Waals surface area (Å²) < 4.78 is 9.52. The molecule has 2 unspecified atom stereocenters. The molecule has 0 aromatic carbocycles. The first-order valence-corrected chi connectivity index (χ1v) is 5.30. The average molecular weight is 231 g/mol. The van der Waals surface area contributed by atoms with Gasteiger partial charge in [0.2, 0.25) is 0 Å². The number of esters is 2. The van der Waals surface area contributed by atoms with Gasteiger partial charge in [-0.3, -0.25) is 10.1 Å². The fourth-order valence-electron chi connectivity index (χ4n) is 1.15. The topological polar surface area (TPSA) is 94.8 Å². The summed E-state index contributed by atoms with van der Waals surface area (Å²) in [6.45, 7) is 3.89. The third-order valence-electron chi connectivity index (χ3n) is 2.25. The molecule has 1 rings (SSSR count). The molecule has 92 valence electrons. The number of aliphatic hydroxyl groups is 1. The zero-order chi connectivity index (χ0) is 12.2. The molecule has 2 atom stereocenters. The van der Waals surface area contributed by atoms with Gasteiger partial charge in [0.25, 0.3) is 0 Å². The van der Waals surface area contributed by atoms with Crippen LogP contribution in [0.5, 0.6) is 0 Å². The zero-order valence-electron chi connectivity index (χ0n) is 9.49. The van der Waals surface area contributed by atoms with Crippen molar-refractivity contribution in [3.8, 4) is 0 Å². The fraction of sp³-hybridized carbons (Fsp3) is 0.800. The molecule has 6 nitrogen and oxygen atoms in total. The van der Waals surface area contributed by atoms with Crippen LogP contribution in [-0.2, 0) is 19.1 Å². The summed E-state index contributed by atoms with van der Waals surface area (Å²) in [5, 5.41) is 12.1. The van der Waals surface area contributed by atoms with Gasteiger partial charge in [-0.25, -0.2) is 4.79 Å². The largest absolute Gasteiger partial charge is 0.463 e. The van der Waals surface area contributed by atoms with Crippen molar-refractivity contribution in [2.45, 2.75) is 38.5 Å². The minimum Gasteiger partial charge on any atom is -0.463 e. The summed E-state index contributed by atoms with van der Waals surface area (Å²) in [5.74, 6) is -1.07. The number of rotatable bonds is 6. The van der Waals surface area contributed by atoms with Crippen LogP contribution < -0.4 is 5.32 Å². The Morgan fingerprint density at radius 1 is 1.56 bits per heavy atom. The van der Waals surface area contributed by atoms with Crippen molar-refractivity contribution in [3.63, 3.8) is 0 Å². The Labute approximate surface area is 93.9 Å². The molecule has 1 aliphatic heterocycles. The van der Waals surface area contributed by atoms with Crippen molar-refractivity contribution >= 4 is 11.9 Å². The molecule has 0 aliphatic carbocycles. The second-order valence-electron chi connectivity index (χ2n) is 3.77. The van der Waals surface area contributed by atoms with Crippen LogP contribution in [0.3, 0.4) is 0 Å². The standard InChI is InChI=1S/C10H17NO5/c1-3-15-9(13)7(2)16-8(12)4-5-10(14)6-11-10/h7,11,14H,3-6H2,1-2H3. The van der Waals surface area contributed by atoms with Gasteiger partial charge >= 0.3 is 11.9 Å². The lowest BCUT2D eigenvalue weighted by atomic mass is 10.2. The van der Waals surface area contributed by atoms with Crippen LogP contribution in [0.15, 0.2) is 0 Å². The van der Waals surface area contributed by atoms with Crippen molar-refractivity contribution in [3.05, 3.63) is 0 Å². The maximum absolute atomic E-state index is 11.3. The van der Waals surface area contributed by atoms with Gasteiger partial charge in [0, 0.05) is 19.4 Å². The lowest BCUT2D eigenvalue weighted by Gasteiger charge is -2.12. The van der Waals surface area contributed by atoms with E-state index >= 15 is 0 Å². The van der Waals surface area contributed by atoms with Crippen molar-refractivity contribution < 1.29 is 24.2 Å². The molecule has 16 heavy (non-hydrogen) atoms. The van der Waals surface area contributed by atoms with Gasteiger partial charge in [0.05, 0.1) is 6.61 Å². The zero-order valence-corrected chi connectivity index (χ0v) is 9.49. The first-order chi connectivity index (χ1) is 7.47. The summed E-state index contributed by atoms with van der Waals surface area (Å²) in [5.41, 5.74) is -0.911. The Bertz CT molecular complexity index is 274. The lowest BCUT2D eigenvalue weighted by Crippen LogP contribution is -2.27. The quantitative estimate of drug-likeness (QED) is 0.475. The van der Waals surface area contributed by atoms with E-state index in [1.54, 1.807) is 6.92 Å². The van der Waals surface area contributed by atoms with Crippen LogP contribution in [-0.4, -0.2) is 42.0 Å². The molecule has 0 amide bonds. The van der Waals surface area contributed by atoms with Gasteiger partial charge in [0.15, 0.2) is 6.10 Å². The van der Waals surface area contributed by atoms with E-state index in [1.165, 1.54) is 6.92 Å². The minimum absolute atomic E-state index is 0.0766. The van der Waals surface area contributed by atoms with Crippen LogP contribution in [0, 0.1) is 0 Å². The molecule has 2 N–H and O–H groups in total. The summed E-state index contributed by atoms with van der Waals surface area (Å²) in [7, 11) is 0. The molecule has 0 aromatic rings. The number of β-amino-alcohol motifs (C(OH)–C–C–N with tert-alkyl or cyclic N) is 1. The van der Waals surface area contributed by atoms with E-state index in [1.807, 2.05) is 0 Å². The number of carbonyl (C=O) groups is 2. The molecule has 0 saturated carbocycles. The van der Waals surface area contributed by atoms with Crippen molar-refractivity contribution in [1.29, 1.82) is 0 Å². The van der Waals surface area contributed by atoms with Crippen molar-refractivity contribution in [2.75, 3.05) is 13.2 Å². The lowest BCUT2D eigenvalue weighted by molar-refractivity contribution is -0.166. The van der Waals surface area contributed by atoms with Crippen LogP contribution in [0.2, 0.25) is 0 Å². The minimum atomic E-state index is -0.911. The molecule has 1 aliphatic rings. The highest BCUT2D eigenvalue weighted by Crippen LogP contribution is 2.19. The van der Waals surface area contributed by atoms with Gasteiger partial charge < -0.3 is 14.6 Å². The van der Waals surface area contributed by atoms with Gasteiger partial charge in [-0.15, -0.1) is 0 Å². The number of hydrogen-bond donors (Lipinski definition) is 2. The maximum atomic E-state index is 11.3. The van der Waals surface area contributed by atoms with Crippen LogP contribution >= 0.6 is 0 Å². The Balaban J connectivity index is 2.19. The molecule has 1 fully saturated rings. The molecule has 6 heteroatoms. The Morgan fingerprint density at radius 3 is 2.69 bits per heavy atom. The number of nitrogens with one attached hydrogen (secondary N) is 1. The molecule has 0 radical (unpaired) electrons. The predicted octanol–water partition coefficient (Wildman–Crippen LogP) is -0.447. The second-order valence-corrected chi connectivity index (χ2v) is 3.77. The smallest absolute Gasteiger partial charge is 0.347 e. The molecule has 0 aromatic heterocycles. The van der Waals surface area contributed by atoms with E-state index in [-0.39, 0.29) is 13.0 Å². The highest BCUT2D eigenvalue weighted by Gasteiger charge is 2.39. The van der Waals surface area contributed by atoms with E-state index in [4.69, 9.17) is 4.74 Å². The maximum Gasteiger partial charge on any atom is 0.347 e. The van der Waals surface area contributed by atoms with E-state index < -0.39 is 23.8 Å². The molecule has 1 heterocycles. The number of carbonyl (C=O) groups excluding carboxylic acids is 2. The Morgan fingerprint density at radius 2 is 2.19 bits per heavy atom. The van der Waals surface area contributed by atoms with Crippen molar-refractivity contribution in [2.24, 2.45) is 0 Å². The molecular formula is C10H17NO5. The summed E-state index contributed by atoms with van der Waals surface area (Å²) in [6, 6.07) is 0. The van der Waals surface area contributed by atoms with Crippen molar-refractivity contribution in [1.82, 2.24) is 5.32 Å². The predicted molar refractivity (Wildman–Crippen MR) is 54.4 cm³/mol. The van der Waals surface area contributed by atoms with E-state index in [9.17, 15) is 14.7 Å². The summed E-state index contributed by atoms with van der Waals surface area (Å²) in [4.78, 5) is 22.4. The van der Waals surface area contributed by atoms with Gasteiger partial charge in [-0.2, -0.15) is 0 Å². The normalized spacial score (nSPS) is 24.7. The first kappa shape index (κ1) is 12.9. The Kier molecular flexibility index (Phi) is 4.26. The summed E-state index contributed by atoms with van der Waals surface area (Å²) >= 11 is 0. The van der Waals surface area contributed by atoms with Gasteiger partial charge in [0.1, 0.15) is 5.72 Å². The van der Waals surface area contributed by atoms with E-state index in [0.29, 0.717) is 13.0 Å². The van der Waals surface area contributed by atoms with Crippen LogP contribution in [0.25, 0.3) is 0 Å². The highest BCUT2D eigenvalue weighted by molar-refractivity contribution is 5.79. The molecule has 1 saturated heterocycles. The molecule has 0 bridgehead atoms. The monoisotopic (exact) mass is 231 g/mol. The summed E-state index contributed by atoms with van der Waals surface area (Å²) in [6.07, 6.45) is -0.525. The van der Waals surface area contributed by atoms with Gasteiger partial charge in [-0.1, -0.05) is 0 Å². The molecular weight excluding hydrogens is 214 g/mol. The molecule has 0 spiro atoms. The Hall–Kier alpha value is -1.14. The van der Waals surface area contributed by atoms with Crippen LogP contribution in [0.1, 0.15) is 26.7 Å². The van der Waals surface area contributed by atoms with Gasteiger partial charge in [-0.05, 0) is 13.8 Å². The fourth-order valence-corrected chi connectivity index (χ4v) is 1.15. The third kappa shape index (κ3) is 4.16. The second kappa shape index (κ2) is 5.27. The van der Waals surface area contributed by atoms with E-state index in [2.05, 4.69) is 10.1 Å². The highest BCUT2D eigenvalue weighted by atomic mass is 16.6. The average Bonchev–Trinajstić information content (AvgIpc) is 2.95. The first-order valence-electron chi connectivity index (χ1n) is 5.30. The number of ether oxygens (including phenoxy) is 2. The SMILES string of the molecule is CCOC(=O)C(C)OC(=O)CCC1(O)CN1. The number of hydrogen-bond acceptors (Lipinski definition) is 6. The van der Waals surface area contributed by atoms with E-state index in [0.717, 1.165) is 0 Å². The third-order valence-corrected chi connectivity index (χ3v) is 2.25. The van der Waals surface area contributed by atoms with Crippen LogP contribution in [0.4, 0.5) is 0 Å².